The van der Waals surface area contributed by atoms with E-state index >= 15 is 0 Å². The second kappa shape index (κ2) is 16.8. The summed E-state index contributed by atoms with van der Waals surface area (Å²) in [6, 6.07) is 104. The van der Waals surface area contributed by atoms with Gasteiger partial charge in [-0.05, 0) is 91.5 Å². The fourth-order valence-corrected chi connectivity index (χ4v) is 16.0. The third kappa shape index (κ3) is 6.62. The first-order valence-electron chi connectivity index (χ1n) is 23.8. The highest BCUT2D eigenvalue weighted by Gasteiger charge is 2.42. The van der Waals surface area contributed by atoms with Gasteiger partial charge < -0.3 is 9.13 Å². The molecule has 2 nitrogen and oxygen atoms in total. The fraction of sp³-hybridized carbons (Fsp3) is 0. The minimum absolute atomic E-state index is 1.16. The van der Waals surface area contributed by atoms with E-state index in [1.54, 1.807) is 0 Å². The molecular weight excluding hydrogens is 849 g/mol. The zero-order valence-electron chi connectivity index (χ0n) is 38.0. The van der Waals surface area contributed by atoms with Crippen LogP contribution in [0.5, 0.6) is 0 Å². The Kier molecular flexibility index (Phi) is 9.88. The van der Waals surface area contributed by atoms with Crippen molar-refractivity contribution in [3.8, 4) is 44.8 Å². The van der Waals surface area contributed by atoms with Crippen LogP contribution < -0.4 is 20.7 Å². The van der Waals surface area contributed by atoms with Crippen molar-refractivity contribution in [1.82, 2.24) is 9.13 Å². The lowest BCUT2D eigenvalue weighted by Crippen LogP contribution is -2.74. The first kappa shape index (κ1) is 40.5. The number of hydrogen-bond donors (Lipinski definition) is 0. The molecule has 0 bridgehead atoms. The molecule has 2 heterocycles. The van der Waals surface area contributed by atoms with Gasteiger partial charge in [-0.3, -0.25) is 0 Å². The predicted octanol–water partition coefficient (Wildman–Crippen LogP) is 14.3. The molecule has 0 saturated heterocycles. The minimum atomic E-state index is -2.95. The molecule has 13 aromatic rings. The summed E-state index contributed by atoms with van der Waals surface area (Å²) >= 11 is 0. The zero-order chi connectivity index (χ0) is 45.7. The molecule has 69 heavy (non-hydrogen) atoms. The molecule has 0 aliphatic heterocycles. The topological polar surface area (TPSA) is 9.86 Å². The average molecular weight is 895 g/mol. The Labute approximate surface area is 403 Å². The first-order chi connectivity index (χ1) is 34.3. The van der Waals surface area contributed by atoms with Crippen LogP contribution in [-0.4, -0.2) is 17.2 Å². The smallest absolute Gasteiger partial charge is 0.179 e. The van der Waals surface area contributed by atoms with Crippen molar-refractivity contribution in [3.05, 3.63) is 279 Å². The SMILES string of the molecule is c1ccc(-c2cc([Si](c3ccccc3)(c3ccccc3)c3ccccc3)cc(-c3ccccc3)c2-n2c3ccccc3c3cc(-c4ccc5c(c4)c4ccccc4n5-c4ccccc4)ccc32)cc1. The highest BCUT2D eigenvalue weighted by molar-refractivity contribution is 7.20. The maximum Gasteiger partial charge on any atom is 0.179 e. The van der Waals surface area contributed by atoms with Crippen molar-refractivity contribution in [1.29, 1.82) is 0 Å². The molecule has 0 saturated carbocycles. The second-order valence-electron chi connectivity index (χ2n) is 18.0. The summed E-state index contributed by atoms with van der Waals surface area (Å²) in [5, 5.41) is 10.3. The van der Waals surface area contributed by atoms with E-state index in [0.29, 0.717) is 0 Å². The van der Waals surface area contributed by atoms with Crippen LogP contribution in [0.25, 0.3) is 88.4 Å². The third-order valence-corrected chi connectivity index (χ3v) is 19.0. The molecule has 13 rings (SSSR count). The van der Waals surface area contributed by atoms with Crippen molar-refractivity contribution < 1.29 is 0 Å². The number of aromatic nitrogens is 2. The molecule has 0 amide bonds. The van der Waals surface area contributed by atoms with Gasteiger partial charge in [-0.2, -0.15) is 0 Å². The fourth-order valence-electron chi connectivity index (χ4n) is 11.2. The molecule has 0 radical (unpaired) electrons. The Hall–Kier alpha value is -8.76. The summed E-state index contributed by atoms with van der Waals surface area (Å²) < 4.78 is 4.94. The van der Waals surface area contributed by atoms with E-state index < -0.39 is 8.07 Å². The van der Waals surface area contributed by atoms with Gasteiger partial charge in [0.1, 0.15) is 0 Å². The number of benzene rings is 11. The lowest BCUT2D eigenvalue weighted by atomic mass is 9.95. The Bertz CT molecular complexity index is 3820. The summed E-state index contributed by atoms with van der Waals surface area (Å²) in [5.41, 5.74) is 14.2. The normalized spacial score (nSPS) is 11.8. The molecule has 0 aliphatic carbocycles. The third-order valence-electron chi connectivity index (χ3n) is 14.2. The van der Waals surface area contributed by atoms with Gasteiger partial charge in [0.15, 0.2) is 8.07 Å². The van der Waals surface area contributed by atoms with Gasteiger partial charge in [-0.25, -0.2) is 0 Å². The van der Waals surface area contributed by atoms with Crippen molar-refractivity contribution in [2.75, 3.05) is 0 Å². The number of rotatable bonds is 9. The molecule has 0 spiro atoms. The van der Waals surface area contributed by atoms with Gasteiger partial charge in [0.05, 0.1) is 27.8 Å². The Morgan fingerprint density at radius 3 is 1.03 bits per heavy atom. The number of fused-ring (bicyclic) bond motifs is 6. The molecule has 2 aromatic heterocycles. The first-order valence-corrected chi connectivity index (χ1v) is 25.8. The van der Waals surface area contributed by atoms with Crippen molar-refractivity contribution in [2.24, 2.45) is 0 Å². The highest BCUT2D eigenvalue weighted by atomic mass is 28.3. The van der Waals surface area contributed by atoms with Crippen LogP contribution in [0.15, 0.2) is 279 Å². The highest BCUT2D eigenvalue weighted by Crippen LogP contribution is 2.43. The Morgan fingerprint density at radius 1 is 0.232 bits per heavy atom. The van der Waals surface area contributed by atoms with Crippen LogP contribution in [-0.2, 0) is 0 Å². The van der Waals surface area contributed by atoms with Gasteiger partial charge in [0.25, 0.3) is 0 Å². The Balaban J connectivity index is 1.10. The standard InChI is InChI=1S/C66H46N2Si/c1-7-23-47(24-8-1)58-45-55(69(52-29-13-4-14-30-52,53-31-15-5-16-32-53)54-33-17-6-18-34-54)46-59(48-25-9-2-10-26-48)66(58)68-63-38-22-20-36-57(63)61-44-50(40-42-65(61)68)49-39-41-64-60(43-49)56-35-19-21-37-62(56)67(64)51-27-11-3-12-28-51/h1-46H. The molecule has 0 N–H and O–H groups in total. The summed E-state index contributed by atoms with van der Waals surface area (Å²) in [6.45, 7) is 0. The van der Waals surface area contributed by atoms with E-state index in [0.717, 1.165) is 5.69 Å². The monoisotopic (exact) mass is 894 g/mol. The predicted molar refractivity (Wildman–Crippen MR) is 295 cm³/mol. The summed E-state index contributed by atoms with van der Waals surface area (Å²) in [7, 11) is -2.95. The van der Waals surface area contributed by atoms with Gasteiger partial charge in [-0.1, -0.05) is 231 Å². The van der Waals surface area contributed by atoms with E-state index in [1.807, 2.05) is 0 Å². The van der Waals surface area contributed by atoms with E-state index in [4.69, 9.17) is 0 Å². The van der Waals surface area contributed by atoms with Gasteiger partial charge in [0.2, 0.25) is 0 Å². The van der Waals surface area contributed by atoms with E-state index in [9.17, 15) is 0 Å². The van der Waals surface area contributed by atoms with Gasteiger partial charge >= 0.3 is 0 Å². The number of hydrogen-bond acceptors (Lipinski definition) is 0. The molecule has 3 heteroatoms. The van der Waals surface area contributed by atoms with Gasteiger partial charge in [-0.15, -0.1) is 0 Å². The van der Waals surface area contributed by atoms with Crippen molar-refractivity contribution in [2.45, 2.75) is 0 Å². The second-order valence-corrected chi connectivity index (χ2v) is 21.8. The number of nitrogens with zero attached hydrogens (tertiary/aromatic N) is 2. The molecule has 0 aliphatic rings. The lowest BCUT2D eigenvalue weighted by Gasteiger charge is -2.36. The molecule has 324 valence electrons. The van der Waals surface area contributed by atoms with Crippen LogP contribution in [0, 0.1) is 0 Å². The van der Waals surface area contributed by atoms with Crippen molar-refractivity contribution >= 4 is 72.4 Å². The maximum absolute atomic E-state index is 2.95. The average Bonchev–Trinajstić information content (AvgIpc) is 3.94. The Morgan fingerprint density at radius 2 is 0.580 bits per heavy atom. The maximum atomic E-state index is 2.55. The van der Waals surface area contributed by atoms with Crippen LogP contribution in [0.3, 0.4) is 0 Å². The van der Waals surface area contributed by atoms with Crippen LogP contribution in [0.2, 0.25) is 0 Å². The van der Waals surface area contributed by atoms with Gasteiger partial charge in [0, 0.05) is 38.4 Å². The summed E-state index contributed by atoms with van der Waals surface area (Å²) in [4.78, 5) is 0. The quantitative estimate of drug-likeness (QED) is 0.101. The van der Waals surface area contributed by atoms with Crippen LogP contribution in [0.1, 0.15) is 0 Å². The van der Waals surface area contributed by atoms with E-state index in [-0.39, 0.29) is 0 Å². The summed E-state index contributed by atoms with van der Waals surface area (Å²) in [5.74, 6) is 0. The zero-order valence-corrected chi connectivity index (χ0v) is 39.0. The van der Waals surface area contributed by atoms with Crippen LogP contribution >= 0.6 is 0 Å². The van der Waals surface area contributed by atoms with Crippen molar-refractivity contribution in [3.63, 3.8) is 0 Å². The molecule has 11 aromatic carbocycles. The lowest BCUT2D eigenvalue weighted by molar-refractivity contribution is 1.18. The van der Waals surface area contributed by atoms with Crippen LogP contribution in [0.4, 0.5) is 0 Å². The van der Waals surface area contributed by atoms with E-state index in [2.05, 4.69) is 288 Å². The number of para-hydroxylation sites is 3. The molecule has 0 fully saturated rings. The molecule has 0 atom stereocenters. The molecular formula is C66H46N2Si. The molecule has 0 unspecified atom stereocenters. The summed E-state index contributed by atoms with van der Waals surface area (Å²) in [6.07, 6.45) is 0. The van der Waals surface area contributed by atoms with E-state index in [1.165, 1.54) is 103 Å². The largest absolute Gasteiger partial charge is 0.309 e. The minimum Gasteiger partial charge on any atom is -0.309 e.